The summed E-state index contributed by atoms with van der Waals surface area (Å²) in [5, 5.41) is 0. The number of aromatic nitrogens is 2. The molecular weight excluding hydrogens is 235 g/mol. The largest absolute Gasteiger partial charge is 0.573 e. The van der Waals surface area contributed by atoms with Crippen molar-refractivity contribution in [2.75, 3.05) is 5.73 Å². The Balaban J connectivity index is 2.19. The molecule has 2 rings (SSSR count). The lowest BCUT2D eigenvalue weighted by Gasteiger charge is -2.08. The highest BCUT2D eigenvalue weighted by atomic mass is 19.4. The number of nitrogens with two attached hydrogens (primary N) is 1. The number of nitrogen functional groups attached to an aromatic ring is 1. The summed E-state index contributed by atoms with van der Waals surface area (Å²) in [7, 11) is 0. The highest BCUT2D eigenvalue weighted by Gasteiger charge is 2.30. The molecule has 0 aliphatic rings. The smallest absolute Gasteiger partial charge is 0.406 e. The molecule has 0 unspecified atom stereocenters. The second-order valence-electron chi connectivity index (χ2n) is 3.25. The Hall–Kier alpha value is -2.18. The van der Waals surface area contributed by atoms with Crippen molar-refractivity contribution >= 4 is 5.95 Å². The number of halogens is 3. The van der Waals surface area contributed by atoms with Crippen LogP contribution in [0.3, 0.4) is 0 Å². The van der Waals surface area contributed by atoms with Crippen molar-refractivity contribution in [1.29, 1.82) is 0 Å². The van der Waals surface area contributed by atoms with E-state index in [-0.39, 0.29) is 11.7 Å². The van der Waals surface area contributed by atoms with Gasteiger partial charge in [-0.15, -0.1) is 13.2 Å². The lowest BCUT2D eigenvalue weighted by Crippen LogP contribution is -2.16. The van der Waals surface area contributed by atoms with Gasteiger partial charge in [-0.2, -0.15) is 0 Å². The molecular formula is C10H8F3N3O. The number of alkyl halides is 3. The molecule has 1 aromatic heterocycles. The summed E-state index contributed by atoms with van der Waals surface area (Å²) in [5.41, 5.74) is 6.69. The number of imidazole rings is 1. The van der Waals surface area contributed by atoms with Crippen LogP contribution in [0, 0.1) is 0 Å². The predicted octanol–water partition coefficient (Wildman–Crippen LogP) is 2.56. The molecule has 0 radical (unpaired) electrons. The molecule has 1 heterocycles. The molecule has 17 heavy (non-hydrogen) atoms. The van der Waals surface area contributed by atoms with Crippen LogP contribution >= 0.6 is 0 Å². The first-order valence-corrected chi connectivity index (χ1v) is 4.61. The number of nitrogens with one attached hydrogen (secondary N) is 1. The van der Waals surface area contributed by atoms with Crippen molar-refractivity contribution in [3.8, 4) is 17.0 Å². The number of nitrogens with zero attached hydrogens (tertiary/aromatic N) is 1. The SMILES string of the molecule is Nc1ncc(-c2ccc(OC(F)(F)F)cc2)[nH]1. The molecule has 1 aromatic carbocycles. The molecule has 0 fully saturated rings. The Labute approximate surface area is 94.2 Å². The Morgan fingerprint density at radius 1 is 1.18 bits per heavy atom. The normalized spacial score (nSPS) is 11.5. The topological polar surface area (TPSA) is 63.9 Å². The van der Waals surface area contributed by atoms with E-state index in [2.05, 4.69) is 14.7 Å². The highest BCUT2D eigenvalue weighted by molar-refractivity contribution is 5.60. The van der Waals surface area contributed by atoms with Crippen LogP contribution in [-0.4, -0.2) is 16.3 Å². The highest BCUT2D eigenvalue weighted by Crippen LogP contribution is 2.25. The van der Waals surface area contributed by atoms with Gasteiger partial charge in [-0.05, 0) is 29.8 Å². The maximum atomic E-state index is 11.9. The van der Waals surface area contributed by atoms with Crippen molar-refractivity contribution in [1.82, 2.24) is 9.97 Å². The molecule has 0 amide bonds. The molecule has 0 saturated heterocycles. The monoisotopic (exact) mass is 243 g/mol. The zero-order valence-electron chi connectivity index (χ0n) is 8.45. The van der Waals surface area contributed by atoms with Gasteiger partial charge in [-0.1, -0.05) is 0 Å². The van der Waals surface area contributed by atoms with Crippen molar-refractivity contribution in [2.24, 2.45) is 0 Å². The number of ether oxygens (including phenoxy) is 1. The zero-order valence-corrected chi connectivity index (χ0v) is 8.45. The number of hydrogen-bond donors (Lipinski definition) is 2. The van der Waals surface area contributed by atoms with E-state index in [1.165, 1.54) is 30.5 Å². The zero-order chi connectivity index (χ0) is 12.5. The van der Waals surface area contributed by atoms with E-state index < -0.39 is 6.36 Å². The van der Waals surface area contributed by atoms with E-state index in [9.17, 15) is 13.2 Å². The van der Waals surface area contributed by atoms with E-state index in [0.717, 1.165) is 0 Å². The van der Waals surface area contributed by atoms with Crippen molar-refractivity contribution < 1.29 is 17.9 Å². The van der Waals surface area contributed by atoms with Crippen LogP contribution in [0.5, 0.6) is 5.75 Å². The van der Waals surface area contributed by atoms with Crippen LogP contribution in [0.4, 0.5) is 19.1 Å². The maximum absolute atomic E-state index is 11.9. The van der Waals surface area contributed by atoms with Gasteiger partial charge in [0.1, 0.15) is 5.75 Å². The summed E-state index contributed by atoms with van der Waals surface area (Å²) < 4.78 is 39.5. The van der Waals surface area contributed by atoms with E-state index in [0.29, 0.717) is 11.3 Å². The number of hydrogen-bond acceptors (Lipinski definition) is 3. The first-order valence-electron chi connectivity index (χ1n) is 4.61. The molecule has 0 atom stereocenters. The Morgan fingerprint density at radius 2 is 1.82 bits per heavy atom. The molecule has 90 valence electrons. The van der Waals surface area contributed by atoms with Gasteiger partial charge in [-0.3, -0.25) is 0 Å². The molecule has 0 spiro atoms. The third-order valence-electron chi connectivity index (χ3n) is 1.99. The van der Waals surface area contributed by atoms with Crippen LogP contribution in [0.2, 0.25) is 0 Å². The fourth-order valence-electron chi connectivity index (χ4n) is 1.32. The molecule has 4 nitrogen and oxygen atoms in total. The van der Waals surface area contributed by atoms with Gasteiger partial charge in [0.2, 0.25) is 0 Å². The molecule has 3 N–H and O–H groups in total. The summed E-state index contributed by atoms with van der Waals surface area (Å²) in [6, 6.07) is 5.40. The number of H-pyrrole nitrogens is 1. The fraction of sp³-hybridized carbons (Fsp3) is 0.100. The third-order valence-corrected chi connectivity index (χ3v) is 1.99. The number of anilines is 1. The summed E-state index contributed by atoms with van der Waals surface area (Å²) in [5.74, 6) is -0.0237. The lowest BCUT2D eigenvalue weighted by molar-refractivity contribution is -0.274. The van der Waals surface area contributed by atoms with Gasteiger partial charge in [0.05, 0.1) is 11.9 Å². The van der Waals surface area contributed by atoms with E-state index in [1.807, 2.05) is 0 Å². The number of aromatic amines is 1. The van der Waals surface area contributed by atoms with E-state index >= 15 is 0 Å². The summed E-state index contributed by atoms with van der Waals surface area (Å²) in [4.78, 5) is 6.55. The van der Waals surface area contributed by atoms with Crippen LogP contribution in [0.15, 0.2) is 30.5 Å². The summed E-state index contributed by atoms with van der Waals surface area (Å²) in [6.45, 7) is 0. The minimum absolute atomic E-state index is 0.246. The average Bonchev–Trinajstić information content (AvgIpc) is 2.63. The second-order valence-corrected chi connectivity index (χ2v) is 3.25. The van der Waals surface area contributed by atoms with Crippen LogP contribution in [-0.2, 0) is 0 Å². The second kappa shape index (κ2) is 4.00. The molecule has 0 aliphatic heterocycles. The van der Waals surface area contributed by atoms with Crippen LogP contribution < -0.4 is 10.5 Å². The lowest BCUT2D eigenvalue weighted by atomic mass is 10.2. The average molecular weight is 243 g/mol. The van der Waals surface area contributed by atoms with Gasteiger partial charge >= 0.3 is 6.36 Å². The van der Waals surface area contributed by atoms with Crippen LogP contribution in [0.25, 0.3) is 11.3 Å². The van der Waals surface area contributed by atoms with Crippen molar-refractivity contribution in [3.05, 3.63) is 30.5 Å². The molecule has 0 bridgehead atoms. The summed E-state index contributed by atoms with van der Waals surface area (Å²) in [6.07, 6.45) is -3.19. The van der Waals surface area contributed by atoms with E-state index in [4.69, 9.17) is 5.73 Å². The first kappa shape index (κ1) is 11.3. The van der Waals surface area contributed by atoms with Gasteiger partial charge in [0.25, 0.3) is 0 Å². The summed E-state index contributed by atoms with van der Waals surface area (Å²) >= 11 is 0. The molecule has 0 aliphatic carbocycles. The van der Waals surface area contributed by atoms with Gasteiger partial charge in [0.15, 0.2) is 5.95 Å². The fourth-order valence-corrected chi connectivity index (χ4v) is 1.32. The van der Waals surface area contributed by atoms with Crippen LogP contribution in [0.1, 0.15) is 0 Å². The van der Waals surface area contributed by atoms with Gasteiger partial charge in [-0.25, -0.2) is 4.98 Å². The van der Waals surface area contributed by atoms with E-state index in [1.54, 1.807) is 0 Å². The maximum Gasteiger partial charge on any atom is 0.573 e. The Bertz CT molecular complexity index is 504. The minimum atomic E-state index is -4.68. The minimum Gasteiger partial charge on any atom is -0.406 e. The molecule has 7 heteroatoms. The predicted molar refractivity (Wildman–Crippen MR) is 55.1 cm³/mol. The number of rotatable bonds is 2. The van der Waals surface area contributed by atoms with Gasteiger partial charge in [0, 0.05) is 0 Å². The first-order chi connectivity index (χ1) is 7.94. The Kier molecular flexibility index (Phi) is 2.66. The van der Waals surface area contributed by atoms with Crippen molar-refractivity contribution in [2.45, 2.75) is 6.36 Å². The quantitative estimate of drug-likeness (QED) is 0.851. The van der Waals surface area contributed by atoms with Crippen molar-refractivity contribution in [3.63, 3.8) is 0 Å². The molecule has 2 aromatic rings. The Morgan fingerprint density at radius 3 is 2.29 bits per heavy atom. The third kappa shape index (κ3) is 2.90. The standard InChI is InChI=1S/C10H8F3N3O/c11-10(12,13)17-7-3-1-6(2-4-7)8-5-15-9(14)16-8/h1-5H,(H3,14,15,16). The molecule has 0 saturated carbocycles. The number of benzene rings is 1. The van der Waals surface area contributed by atoms with Gasteiger partial charge < -0.3 is 15.5 Å².